The van der Waals surface area contributed by atoms with Crippen LogP contribution in [0.2, 0.25) is 0 Å². The van der Waals surface area contributed by atoms with Crippen molar-refractivity contribution < 1.29 is 4.74 Å². The smallest absolute Gasteiger partial charge is 0.226 e. The number of anilines is 1. The van der Waals surface area contributed by atoms with Gasteiger partial charge in [0.15, 0.2) is 0 Å². The highest BCUT2D eigenvalue weighted by molar-refractivity contribution is 7.18. The molecule has 0 N–H and O–H groups in total. The number of rotatable bonds is 3. The molecule has 1 aliphatic heterocycles. The van der Waals surface area contributed by atoms with Crippen molar-refractivity contribution in [2.75, 3.05) is 31.2 Å². The summed E-state index contributed by atoms with van der Waals surface area (Å²) in [7, 11) is 0. The average Bonchev–Trinajstić information content (AvgIpc) is 3.04. The van der Waals surface area contributed by atoms with E-state index in [1.54, 1.807) is 11.3 Å². The molecular weight excluding hydrogens is 308 g/mol. The van der Waals surface area contributed by atoms with E-state index >= 15 is 0 Å². The van der Waals surface area contributed by atoms with Crippen molar-refractivity contribution in [1.82, 2.24) is 15.0 Å². The number of aromatic nitrogens is 3. The van der Waals surface area contributed by atoms with E-state index in [4.69, 9.17) is 4.74 Å². The van der Waals surface area contributed by atoms with Crippen LogP contribution < -0.4 is 4.90 Å². The zero-order valence-electron chi connectivity index (χ0n) is 12.6. The molecule has 116 valence electrons. The van der Waals surface area contributed by atoms with Gasteiger partial charge in [0.05, 0.1) is 19.4 Å². The summed E-state index contributed by atoms with van der Waals surface area (Å²) in [5, 5.41) is 0.942. The fourth-order valence-corrected chi connectivity index (χ4v) is 3.27. The summed E-state index contributed by atoms with van der Waals surface area (Å²) in [6.07, 6.45) is 5.90. The fourth-order valence-electron chi connectivity index (χ4n) is 2.46. The Labute approximate surface area is 138 Å². The van der Waals surface area contributed by atoms with Gasteiger partial charge in [0.1, 0.15) is 15.4 Å². The highest BCUT2D eigenvalue weighted by atomic mass is 32.1. The number of morpholine rings is 1. The van der Waals surface area contributed by atoms with Crippen molar-refractivity contribution in [3.8, 4) is 0 Å². The highest BCUT2D eigenvalue weighted by Crippen LogP contribution is 2.23. The molecular formula is C17H16N4OS. The summed E-state index contributed by atoms with van der Waals surface area (Å²) in [4.78, 5) is 16.8. The Morgan fingerprint density at radius 1 is 1.04 bits per heavy atom. The molecule has 4 rings (SSSR count). The Morgan fingerprint density at radius 3 is 2.70 bits per heavy atom. The predicted molar refractivity (Wildman–Crippen MR) is 93.6 cm³/mol. The number of fused-ring (bicyclic) bond motifs is 1. The molecule has 0 atom stereocenters. The minimum atomic E-state index is 0.731. The summed E-state index contributed by atoms with van der Waals surface area (Å²) in [6, 6.07) is 10.2. The van der Waals surface area contributed by atoms with E-state index in [-0.39, 0.29) is 0 Å². The Hall–Kier alpha value is -2.31. The summed E-state index contributed by atoms with van der Waals surface area (Å²) in [6.45, 7) is 3.14. The first-order valence-electron chi connectivity index (χ1n) is 7.58. The van der Waals surface area contributed by atoms with Gasteiger partial charge in [-0.2, -0.15) is 0 Å². The van der Waals surface area contributed by atoms with Crippen molar-refractivity contribution in [2.24, 2.45) is 0 Å². The predicted octanol–water partition coefficient (Wildman–Crippen LogP) is 3.09. The first kappa shape index (κ1) is 14.3. The molecule has 3 aromatic rings. The molecule has 6 heteroatoms. The lowest BCUT2D eigenvalue weighted by molar-refractivity contribution is 0.122. The number of nitrogens with zero attached hydrogens (tertiary/aromatic N) is 4. The van der Waals surface area contributed by atoms with Crippen molar-refractivity contribution >= 4 is 39.8 Å². The maximum atomic E-state index is 5.37. The standard InChI is InChI=1S/C17H16N4OS/c1-2-4-13(5-3-1)6-7-15-19-14-12-18-17(20-16(14)23-15)21-8-10-22-11-9-21/h1-7,12H,8-11H2. The summed E-state index contributed by atoms with van der Waals surface area (Å²) >= 11 is 1.59. The molecule has 1 fully saturated rings. The largest absolute Gasteiger partial charge is 0.378 e. The van der Waals surface area contributed by atoms with Gasteiger partial charge in [-0.1, -0.05) is 47.7 Å². The molecule has 1 aromatic carbocycles. The van der Waals surface area contributed by atoms with Crippen molar-refractivity contribution in [2.45, 2.75) is 0 Å². The van der Waals surface area contributed by atoms with Crippen LogP contribution in [0.5, 0.6) is 0 Å². The molecule has 0 radical (unpaired) electrons. The summed E-state index contributed by atoms with van der Waals surface area (Å²) in [5.74, 6) is 0.767. The molecule has 0 spiro atoms. The van der Waals surface area contributed by atoms with Crippen LogP contribution in [0.1, 0.15) is 10.6 Å². The normalized spacial score (nSPS) is 15.6. The van der Waals surface area contributed by atoms with Crippen LogP contribution in [0.3, 0.4) is 0 Å². The van der Waals surface area contributed by atoms with E-state index in [0.29, 0.717) is 0 Å². The van der Waals surface area contributed by atoms with Gasteiger partial charge in [0.2, 0.25) is 5.95 Å². The van der Waals surface area contributed by atoms with E-state index in [0.717, 1.165) is 53.2 Å². The number of hydrogen-bond donors (Lipinski definition) is 0. The van der Waals surface area contributed by atoms with Gasteiger partial charge >= 0.3 is 0 Å². The third-order valence-electron chi connectivity index (χ3n) is 3.67. The minimum Gasteiger partial charge on any atom is -0.378 e. The fraction of sp³-hybridized carbons (Fsp3) is 0.235. The molecule has 2 aromatic heterocycles. The van der Waals surface area contributed by atoms with Crippen LogP contribution in [0.25, 0.3) is 22.5 Å². The second kappa shape index (κ2) is 6.44. The third-order valence-corrected chi connectivity index (χ3v) is 4.60. The SMILES string of the molecule is C(=Cc1nc2cnc(N3CCOCC3)nc2s1)c1ccccc1. The number of hydrogen-bond acceptors (Lipinski definition) is 6. The first-order chi connectivity index (χ1) is 11.4. The second-order valence-corrected chi connectivity index (χ2v) is 6.27. The monoisotopic (exact) mass is 324 g/mol. The number of benzene rings is 1. The van der Waals surface area contributed by atoms with E-state index in [2.05, 4.69) is 38.1 Å². The topological polar surface area (TPSA) is 51.1 Å². The van der Waals surface area contributed by atoms with E-state index in [1.807, 2.05) is 30.5 Å². The minimum absolute atomic E-state index is 0.731. The number of ether oxygens (including phenoxy) is 1. The maximum absolute atomic E-state index is 5.37. The van der Waals surface area contributed by atoms with Crippen molar-refractivity contribution in [1.29, 1.82) is 0 Å². The molecule has 0 saturated carbocycles. The van der Waals surface area contributed by atoms with Gasteiger partial charge in [-0.05, 0) is 11.6 Å². The summed E-state index contributed by atoms with van der Waals surface area (Å²) in [5.41, 5.74) is 2.01. The molecule has 0 amide bonds. The van der Waals surface area contributed by atoms with Crippen molar-refractivity contribution in [3.05, 3.63) is 47.1 Å². The van der Waals surface area contributed by atoms with Crippen LogP contribution in [0, 0.1) is 0 Å². The van der Waals surface area contributed by atoms with Crippen LogP contribution in [-0.4, -0.2) is 41.3 Å². The van der Waals surface area contributed by atoms with E-state index in [1.165, 1.54) is 0 Å². The van der Waals surface area contributed by atoms with Gasteiger partial charge in [-0.25, -0.2) is 15.0 Å². The third kappa shape index (κ3) is 3.23. The van der Waals surface area contributed by atoms with Gasteiger partial charge in [-0.15, -0.1) is 0 Å². The lowest BCUT2D eigenvalue weighted by Gasteiger charge is -2.26. The first-order valence-corrected chi connectivity index (χ1v) is 8.39. The van der Waals surface area contributed by atoms with Gasteiger partial charge in [-0.3, -0.25) is 0 Å². The highest BCUT2D eigenvalue weighted by Gasteiger charge is 2.15. The molecule has 5 nitrogen and oxygen atoms in total. The van der Waals surface area contributed by atoms with Crippen molar-refractivity contribution in [3.63, 3.8) is 0 Å². The molecule has 1 aliphatic rings. The molecule has 23 heavy (non-hydrogen) atoms. The Bertz CT molecular complexity index is 825. The lowest BCUT2D eigenvalue weighted by atomic mass is 10.2. The average molecular weight is 324 g/mol. The van der Waals surface area contributed by atoms with Gasteiger partial charge in [0.25, 0.3) is 0 Å². The van der Waals surface area contributed by atoms with Crippen LogP contribution in [0.4, 0.5) is 5.95 Å². The Kier molecular flexibility index (Phi) is 4.00. The van der Waals surface area contributed by atoms with Gasteiger partial charge in [0, 0.05) is 13.1 Å². The molecule has 0 unspecified atom stereocenters. The summed E-state index contributed by atoms with van der Waals surface area (Å²) < 4.78 is 5.37. The maximum Gasteiger partial charge on any atom is 0.226 e. The number of thiazole rings is 1. The van der Waals surface area contributed by atoms with E-state index in [9.17, 15) is 0 Å². The zero-order valence-corrected chi connectivity index (χ0v) is 13.4. The Balaban J connectivity index is 1.59. The molecule has 1 saturated heterocycles. The lowest BCUT2D eigenvalue weighted by Crippen LogP contribution is -2.37. The van der Waals surface area contributed by atoms with Gasteiger partial charge < -0.3 is 9.64 Å². The van der Waals surface area contributed by atoms with Crippen LogP contribution in [-0.2, 0) is 4.74 Å². The molecule has 0 aliphatic carbocycles. The molecule has 3 heterocycles. The quantitative estimate of drug-likeness (QED) is 0.741. The second-order valence-electron chi connectivity index (χ2n) is 5.26. The zero-order chi connectivity index (χ0) is 15.5. The van der Waals surface area contributed by atoms with Crippen LogP contribution >= 0.6 is 11.3 Å². The molecule has 0 bridgehead atoms. The van der Waals surface area contributed by atoms with Crippen LogP contribution in [0.15, 0.2) is 36.5 Å². The Morgan fingerprint density at radius 2 is 1.87 bits per heavy atom. The van der Waals surface area contributed by atoms with E-state index < -0.39 is 0 Å².